The van der Waals surface area contributed by atoms with Crippen molar-refractivity contribution in [1.29, 1.82) is 0 Å². The van der Waals surface area contributed by atoms with Crippen LogP contribution in [0.1, 0.15) is 37.8 Å². The third-order valence-corrected chi connectivity index (χ3v) is 4.40. The highest BCUT2D eigenvalue weighted by Gasteiger charge is 2.27. The molecule has 1 aromatic carbocycles. The Bertz CT molecular complexity index is 617. The summed E-state index contributed by atoms with van der Waals surface area (Å²) in [4.78, 5) is 18.6. The number of rotatable bonds is 5. The summed E-state index contributed by atoms with van der Waals surface area (Å²) in [5.74, 6) is 0.489. The summed E-state index contributed by atoms with van der Waals surface area (Å²) in [5, 5.41) is 3.28. The molecule has 0 saturated carbocycles. The SMILES string of the molecule is CCNC(=NCc1ccc(C)c(F)c1)N1CCC(C(=O)OCC)CC1.I. The Morgan fingerprint density at radius 2 is 2.04 bits per heavy atom. The van der Waals surface area contributed by atoms with Crippen molar-refractivity contribution < 1.29 is 13.9 Å². The van der Waals surface area contributed by atoms with Crippen molar-refractivity contribution >= 4 is 35.9 Å². The number of carbonyl (C=O) groups excluding carboxylic acids is 1. The molecule has 26 heavy (non-hydrogen) atoms. The molecule has 1 aromatic rings. The molecule has 0 spiro atoms. The van der Waals surface area contributed by atoms with Crippen LogP contribution in [-0.2, 0) is 16.1 Å². The minimum atomic E-state index is -0.201. The molecule has 1 aliphatic heterocycles. The highest BCUT2D eigenvalue weighted by atomic mass is 127. The lowest BCUT2D eigenvalue weighted by molar-refractivity contribution is -0.149. The van der Waals surface area contributed by atoms with Gasteiger partial charge in [0.15, 0.2) is 5.96 Å². The number of aliphatic imine (C=N–C) groups is 1. The van der Waals surface area contributed by atoms with E-state index in [1.807, 2.05) is 19.9 Å². The summed E-state index contributed by atoms with van der Waals surface area (Å²) in [7, 11) is 0. The Morgan fingerprint density at radius 3 is 2.62 bits per heavy atom. The standard InChI is InChI=1S/C19H28FN3O2.HI/c1-4-21-19(22-13-15-7-6-14(3)17(20)12-15)23-10-8-16(9-11-23)18(24)25-5-2;/h6-7,12,16H,4-5,8-11,13H2,1-3H3,(H,21,22);1H. The van der Waals surface area contributed by atoms with E-state index < -0.39 is 0 Å². The molecule has 1 fully saturated rings. The van der Waals surface area contributed by atoms with Crippen molar-refractivity contribution in [3.05, 3.63) is 35.1 Å². The van der Waals surface area contributed by atoms with Crippen LogP contribution in [-0.4, -0.2) is 43.1 Å². The van der Waals surface area contributed by atoms with E-state index in [0.29, 0.717) is 18.7 Å². The number of nitrogens with zero attached hydrogens (tertiary/aromatic N) is 2. The first-order valence-corrected chi connectivity index (χ1v) is 9.00. The fourth-order valence-electron chi connectivity index (χ4n) is 2.91. The molecule has 0 amide bonds. The lowest BCUT2D eigenvalue weighted by atomic mass is 9.97. The van der Waals surface area contributed by atoms with Crippen LogP contribution >= 0.6 is 24.0 Å². The molecule has 5 nitrogen and oxygen atoms in total. The van der Waals surface area contributed by atoms with Crippen LogP contribution in [0.15, 0.2) is 23.2 Å². The third-order valence-electron chi connectivity index (χ3n) is 4.40. The van der Waals surface area contributed by atoms with Crippen LogP contribution in [0.5, 0.6) is 0 Å². The van der Waals surface area contributed by atoms with Gasteiger partial charge in [-0.1, -0.05) is 12.1 Å². The zero-order valence-electron chi connectivity index (χ0n) is 15.8. The number of benzene rings is 1. The normalized spacial score (nSPS) is 15.4. The summed E-state index contributed by atoms with van der Waals surface area (Å²) in [5.41, 5.74) is 1.49. The van der Waals surface area contributed by atoms with Gasteiger partial charge in [-0.15, -0.1) is 24.0 Å². The molecular formula is C19H29FIN3O2. The van der Waals surface area contributed by atoms with Gasteiger partial charge in [0.1, 0.15) is 5.82 Å². The van der Waals surface area contributed by atoms with Crippen molar-refractivity contribution in [2.45, 2.75) is 40.2 Å². The number of halogens is 2. The Kier molecular flexibility index (Phi) is 9.90. The van der Waals surface area contributed by atoms with Gasteiger partial charge in [0.05, 0.1) is 19.1 Å². The average molecular weight is 477 g/mol. The lowest BCUT2D eigenvalue weighted by Gasteiger charge is -2.33. The van der Waals surface area contributed by atoms with E-state index in [-0.39, 0.29) is 41.7 Å². The monoisotopic (exact) mass is 477 g/mol. The summed E-state index contributed by atoms with van der Waals surface area (Å²) in [6.07, 6.45) is 1.53. The molecule has 0 atom stereocenters. The van der Waals surface area contributed by atoms with Gasteiger partial charge >= 0.3 is 5.97 Å². The Morgan fingerprint density at radius 1 is 1.35 bits per heavy atom. The minimum absolute atomic E-state index is 0. The number of piperidine rings is 1. The maximum Gasteiger partial charge on any atom is 0.309 e. The second-order valence-electron chi connectivity index (χ2n) is 6.27. The predicted octanol–water partition coefficient (Wildman–Crippen LogP) is 3.49. The smallest absolute Gasteiger partial charge is 0.309 e. The number of nitrogens with one attached hydrogen (secondary N) is 1. The van der Waals surface area contributed by atoms with Crippen molar-refractivity contribution in [1.82, 2.24) is 10.2 Å². The molecule has 1 N–H and O–H groups in total. The predicted molar refractivity (Wildman–Crippen MR) is 112 cm³/mol. The molecule has 0 unspecified atom stereocenters. The zero-order valence-corrected chi connectivity index (χ0v) is 18.1. The molecule has 0 aliphatic carbocycles. The van der Waals surface area contributed by atoms with Crippen LogP contribution < -0.4 is 5.32 Å². The minimum Gasteiger partial charge on any atom is -0.466 e. The highest BCUT2D eigenvalue weighted by Crippen LogP contribution is 2.19. The van der Waals surface area contributed by atoms with E-state index in [4.69, 9.17) is 4.74 Å². The van der Waals surface area contributed by atoms with Crippen molar-refractivity contribution in [2.24, 2.45) is 10.9 Å². The first-order chi connectivity index (χ1) is 12.0. The fraction of sp³-hybridized carbons (Fsp3) is 0.579. The second kappa shape index (κ2) is 11.4. The maximum atomic E-state index is 13.7. The molecule has 0 bridgehead atoms. The highest BCUT2D eigenvalue weighted by molar-refractivity contribution is 14.0. The van der Waals surface area contributed by atoms with Gasteiger partial charge in [-0.2, -0.15) is 0 Å². The van der Waals surface area contributed by atoms with Gasteiger partial charge in [0.25, 0.3) is 0 Å². The van der Waals surface area contributed by atoms with E-state index >= 15 is 0 Å². The number of hydrogen-bond donors (Lipinski definition) is 1. The van der Waals surface area contributed by atoms with Crippen LogP contribution in [0.25, 0.3) is 0 Å². The van der Waals surface area contributed by atoms with Crippen LogP contribution in [0, 0.1) is 18.7 Å². The van der Waals surface area contributed by atoms with Gasteiger partial charge in [-0.05, 0) is 50.8 Å². The van der Waals surface area contributed by atoms with Crippen LogP contribution in [0.2, 0.25) is 0 Å². The van der Waals surface area contributed by atoms with E-state index in [2.05, 4.69) is 15.2 Å². The molecule has 2 rings (SSSR count). The van der Waals surface area contributed by atoms with Crippen molar-refractivity contribution in [2.75, 3.05) is 26.2 Å². The molecule has 146 valence electrons. The lowest BCUT2D eigenvalue weighted by Crippen LogP contribution is -2.46. The molecular weight excluding hydrogens is 448 g/mol. The molecule has 1 saturated heterocycles. The second-order valence-corrected chi connectivity index (χ2v) is 6.27. The quantitative estimate of drug-likeness (QED) is 0.306. The molecule has 7 heteroatoms. The van der Waals surface area contributed by atoms with Gasteiger partial charge in [0.2, 0.25) is 0 Å². The molecule has 0 radical (unpaired) electrons. The van der Waals surface area contributed by atoms with Crippen LogP contribution in [0.3, 0.4) is 0 Å². The van der Waals surface area contributed by atoms with Crippen LogP contribution in [0.4, 0.5) is 4.39 Å². The summed E-state index contributed by atoms with van der Waals surface area (Å²) >= 11 is 0. The van der Waals surface area contributed by atoms with E-state index in [1.54, 1.807) is 13.0 Å². The largest absolute Gasteiger partial charge is 0.466 e. The Labute approximate surface area is 172 Å². The Balaban J connectivity index is 0.00000338. The van der Waals surface area contributed by atoms with Crippen molar-refractivity contribution in [3.63, 3.8) is 0 Å². The number of hydrogen-bond acceptors (Lipinski definition) is 3. The molecule has 1 heterocycles. The summed E-state index contributed by atoms with van der Waals surface area (Å²) in [6.45, 7) is 8.74. The van der Waals surface area contributed by atoms with E-state index in [1.165, 1.54) is 6.07 Å². The van der Waals surface area contributed by atoms with E-state index in [9.17, 15) is 9.18 Å². The van der Waals surface area contributed by atoms with Gasteiger partial charge in [0, 0.05) is 19.6 Å². The average Bonchev–Trinajstić information content (AvgIpc) is 2.62. The topological polar surface area (TPSA) is 53.9 Å². The number of aryl methyl sites for hydroxylation is 1. The summed E-state index contributed by atoms with van der Waals surface area (Å²) < 4.78 is 18.8. The number of esters is 1. The third kappa shape index (κ3) is 6.41. The molecule has 1 aliphatic rings. The van der Waals surface area contributed by atoms with Gasteiger partial charge < -0.3 is 15.0 Å². The number of carbonyl (C=O) groups is 1. The number of ether oxygens (including phenoxy) is 1. The number of likely N-dealkylation sites (tertiary alicyclic amines) is 1. The zero-order chi connectivity index (χ0) is 18.2. The van der Waals surface area contributed by atoms with Gasteiger partial charge in [-0.25, -0.2) is 9.38 Å². The maximum absolute atomic E-state index is 13.7. The van der Waals surface area contributed by atoms with Crippen molar-refractivity contribution in [3.8, 4) is 0 Å². The van der Waals surface area contributed by atoms with E-state index in [0.717, 1.165) is 44.0 Å². The summed E-state index contributed by atoms with van der Waals surface area (Å²) in [6, 6.07) is 5.21. The first kappa shape index (κ1) is 22.7. The first-order valence-electron chi connectivity index (χ1n) is 9.00. The Hall–Kier alpha value is -1.38. The molecule has 0 aromatic heterocycles. The number of guanidine groups is 1. The fourth-order valence-corrected chi connectivity index (χ4v) is 2.91. The van der Waals surface area contributed by atoms with Gasteiger partial charge in [-0.3, -0.25) is 4.79 Å².